The first-order chi connectivity index (χ1) is 19.3. The number of aryl methyl sites for hydroxylation is 1. The summed E-state index contributed by atoms with van der Waals surface area (Å²) in [5, 5.41) is 17.2. The quantitative estimate of drug-likeness (QED) is 0.252. The first-order valence-electron chi connectivity index (χ1n) is 12.9. The summed E-state index contributed by atoms with van der Waals surface area (Å²) in [7, 11) is -3.17. The molecule has 0 radical (unpaired) electrons. The van der Waals surface area contributed by atoms with Gasteiger partial charge >= 0.3 is 0 Å². The van der Waals surface area contributed by atoms with E-state index in [-0.39, 0.29) is 17.1 Å². The highest BCUT2D eigenvalue weighted by atomic mass is 32.2. The van der Waals surface area contributed by atoms with Gasteiger partial charge in [-0.25, -0.2) is 13.1 Å². The summed E-state index contributed by atoms with van der Waals surface area (Å²) in [6, 6.07) is 26.6. The van der Waals surface area contributed by atoms with E-state index in [1.807, 2.05) is 91.9 Å². The van der Waals surface area contributed by atoms with Gasteiger partial charge in [0.2, 0.25) is 0 Å². The van der Waals surface area contributed by atoms with E-state index in [4.69, 9.17) is 9.84 Å². The van der Waals surface area contributed by atoms with Crippen molar-refractivity contribution in [3.05, 3.63) is 107 Å². The number of nitrogens with one attached hydrogen (secondary N) is 1. The predicted molar refractivity (Wildman–Crippen MR) is 153 cm³/mol. The van der Waals surface area contributed by atoms with E-state index in [2.05, 4.69) is 5.32 Å². The molecular formula is C31H28N4O4S. The molecule has 0 saturated carbocycles. The second-order valence-electron chi connectivity index (χ2n) is 9.76. The Morgan fingerprint density at radius 2 is 1.82 bits per heavy atom. The van der Waals surface area contributed by atoms with Crippen LogP contribution in [0.3, 0.4) is 0 Å². The monoisotopic (exact) mass is 552 g/mol. The average Bonchev–Trinajstić information content (AvgIpc) is 3.54. The molecule has 1 aliphatic heterocycles. The van der Waals surface area contributed by atoms with Crippen LogP contribution in [0.2, 0.25) is 0 Å². The zero-order chi connectivity index (χ0) is 28.1. The number of hydrogen-bond acceptors (Lipinski definition) is 6. The molecule has 1 aliphatic rings. The Hall–Kier alpha value is -4.68. The molecule has 8 nitrogen and oxygen atoms in total. The molecule has 1 N–H and O–H groups in total. The van der Waals surface area contributed by atoms with Crippen molar-refractivity contribution in [1.82, 2.24) is 15.1 Å². The van der Waals surface area contributed by atoms with Gasteiger partial charge in [0.25, 0.3) is 5.91 Å². The smallest absolute Gasteiger partial charge is 0.262 e. The van der Waals surface area contributed by atoms with Gasteiger partial charge in [0.05, 0.1) is 22.9 Å². The molecule has 3 aromatic carbocycles. The van der Waals surface area contributed by atoms with E-state index >= 15 is 0 Å². The maximum absolute atomic E-state index is 12.9. The lowest BCUT2D eigenvalue weighted by Crippen LogP contribution is -2.36. The van der Waals surface area contributed by atoms with Crippen molar-refractivity contribution in [2.75, 3.05) is 11.5 Å². The second-order valence-corrected chi connectivity index (χ2v) is 12.0. The zero-order valence-corrected chi connectivity index (χ0v) is 22.8. The van der Waals surface area contributed by atoms with Gasteiger partial charge in [-0.1, -0.05) is 48.0 Å². The molecule has 2 heterocycles. The minimum absolute atomic E-state index is 0.0300. The van der Waals surface area contributed by atoms with Crippen molar-refractivity contribution in [1.29, 1.82) is 5.26 Å². The van der Waals surface area contributed by atoms with Crippen LogP contribution in [0.25, 0.3) is 23.0 Å². The first kappa shape index (κ1) is 26.9. The van der Waals surface area contributed by atoms with Gasteiger partial charge in [-0.2, -0.15) is 10.4 Å². The molecule has 9 heteroatoms. The van der Waals surface area contributed by atoms with Crippen LogP contribution >= 0.6 is 0 Å². The third kappa shape index (κ3) is 6.47. The lowest BCUT2D eigenvalue weighted by atomic mass is 10.1. The normalized spacial score (nSPS) is 16.3. The molecule has 202 valence electrons. The second kappa shape index (κ2) is 11.6. The van der Waals surface area contributed by atoms with Crippen LogP contribution in [-0.4, -0.2) is 41.7 Å². The van der Waals surface area contributed by atoms with Crippen molar-refractivity contribution in [3.63, 3.8) is 0 Å². The molecule has 40 heavy (non-hydrogen) atoms. The Balaban J connectivity index is 1.41. The summed E-state index contributed by atoms with van der Waals surface area (Å²) < 4.78 is 31.2. The van der Waals surface area contributed by atoms with Gasteiger partial charge in [0.15, 0.2) is 9.84 Å². The highest BCUT2D eigenvalue weighted by Crippen LogP contribution is 2.28. The van der Waals surface area contributed by atoms with E-state index in [0.29, 0.717) is 30.0 Å². The number of carbonyl (C=O) groups excluding carboxylic acids is 1. The Morgan fingerprint density at radius 3 is 2.48 bits per heavy atom. The third-order valence-electron chi connectivity index (χ3n) is 6.65. The predicted octanol–water partition coefficient (Wildman–Crippen LogP) is 4.64. The maximum atomic E-state index is 12.9. The standard InChI is InChI=1S/C31H28N4O4S/c1-22-7-9-23(10-8-22)20-39-29-13-11-24(12-14-29)30-26(19-35(34-30)28-5-3-2-4-6-28)17-25(18-32)31(36)33-27-15-16-40(37,38)21-27/h2-14,17,19,27H,15-16,20-21H2,1H3,(H,33,36)/b25-17-. The molecular weight excluding hydrogens is 524 g/mol. The van der Waals surface area contributed by atoms with E-state index in [0.717, 1.165) is 16.8 Å². The fourth-order valence-corrected chi connectivity index (χ4v) is 6.14. The van der Waals surface area contributed by atoms with Crippen LogP contribution in [0.4, 0.5) is 0 Å². The molecule has 1 unspecified atom stereocenters. The number of aromatic nitrogens is 2. The minimum atomic E-state index is -3.17. The summed E-state index contributed by atoms with van der Waals surface area (Å²) in [6.45, 7) is 2.49. The summed E-state index contributed by atoms with van der Waals surface area (Å²) in [5.41, 5.74) is 4.89. The number of ether oxygens (including phenoxy) is 1. The van der Waals surface area contributed by atoms with Gasteiger partial charge in [-0.3, -0.25) is 4.79 Å². The molecule has 4 aromatic rings. The molecule has 1 atom stereocenters. The number of rotatable bonds is 8. The zero-order valence-electron chi connectivity index (χ0n) is 21.9. The molecule has 5 rings (SSSR count). The Kier molecular flexibility index (Phi) is 7.80. The number of sulfone groups is 1. The fourth-order valence-electron chi connectivity index (χ4n) is 4.47. The van der Waals surface area contributed by atoms with Gasteiger partial charge in [-0.05, 0) is 61.4 Å². The van der Waals surface area contributed by atoms with Crippen molar-refractivity contribution < 1.29 is 17.9 Å². The fraction of sp³-hybridized carbons (Fsp3) is 0.194. The number of amides is 1. The molecule has 1 amide bonds. The minimum Gasteiger partial charge on any atom is -0.489 e. The van der Waals surface area contributed by atoms with Gasteiger partial charge in [0.1, 0.15) is 24.0 Å². The summed E-state index contributed by atoms with van der Waals surface area (Å²) in [5.74, 6) is 0.00489. The van der Waals surface area contributed by atoms with Gasteiger partial charge < -0.3 is 10.1 Å². The van der Waals surface area contributed by atoms with Crippen LogP contribution in [0.5, 0.6) is 5.75 Å². The highest BCUT2D eigenvalue weighted by Gasteiger charge is 2.29. The molecule has 0 aliphatic carbocycles. The molecule has 1 fully saturated rings. The van der Waals surface area contributed by atoms with E-state index in [1.54, 1.807) is 10.9 Å². The van der Waals surface area contributed by atoms with Crippen LogP contribution in [0, 0.1) is 18.3 Å². The lowest BCUT2D eigenvalue weighted by Gasteiger charge is -2.10. The van der Waals surface area contributed by atoms with E-state index < -0.39 is 21.8 Å². The summed E-state index contributed by atoms with van der Waals surface area (Å²) in [6.07, 6.45) is 3.59. The number of carbonyl (C=O) groups is 1. The van der Waals surface area contributed by atoms with Crippen molar-refractivity contribution >= 4 is 21.8 Å². The topological polar surface area (TPSA) is 114 Å². The number of hydrogen-bond donors (Lipinski definition) is 1. The maximum Gasteiger partial charge on any atom is 0.262 e. The van der Waals surface area contributed by atoms with Crippen molar-refractivity contribution in [2.45, 2.75) is 26.0 Å². The van der Waals surface area contributed by atoms with E-state index in [1.165, 1.54) is 11.6 Å². The molecule has 0 bridgehead atoms. The van der Waals surface area contributed by atoms with Crippen LogP contribution in [-0.2, 0) is 21.2 Å². The van der Waals surface area contributed by atoms with Gasteiger partial charge in [0, 0.05) is 23.4 Å². The lowest BCUT2D eigenvalue weighted by molar-refractivity contribution is -0.117. The first-order valence-corrected chi connectivity index (χ1v) is 14.7. The van der Waals surface area contributed by atoms with Crippen LogP contribution in [0.1, 0.15) is 23.1 Å². The number of benzene rings is 3. The number of nitriles is 1. The SMILES string of the molecule is Cc1ccc(COc2ccc(-c3nn(-c4ccccc4)cc3/C=C(/C#N)C(=O)NC3CCS(=O)(=O)C3)cc2)cc1. The highest BCUT2D eigenvalue weighted by molar-refractivity contribution is 7.91. The van der Waals surface area contributed by atoms with Gasteiger partial charge in [-0.15, -0.1) is 0 Å². The van der Waals surface area contributed by atoms with Crippen molar-refractivity contribution in [3.8, 4) is 28.8 Å². The number of para-hydroxylation sites is 1. The van der Waals surface area contributed by atoms with Crippen LogP contribution in [0.15, 0.2) is 90.6 Å². The number of nitrogens with zero attached hydrogens (tertiary/aromatic N) is 3. The third-order valence-corrected chi connectivity index (χ3v) is 8.42. The Morgan fingerprint density at radius 1 is 1.10 bits per heavy atom. The molecule has 1 saturated heterocycles. The van der Waals surface area contributed by atoms with Crippen LogP contribution < -0.4 is 10.1 Å². The molecule has 0 spiro atoms. The van der Waals surface area contributed by atoms with Crippen molar-refractivity contribution in [2.24, 2.45) is 0 Å². The average molecular weight is 553 g/mol. The summed E-state index contributed by atoms with van der Waals surface area (Å²) >= 11 is 0. The summed E-state index contributed by atoms with van der Waals surface area (Å²) in [4.78, 5) is 12.9. The van der Waals surface area contributed by atoms with E-state index in [9.17, 15) is 18.5 Å². The largest absolute Gasteiger partial charge is 0.489 e. The Labute approximate surface area is 233 Å². The molecule has 1 aromatic heterocycles. The Bertz CT molecular complexity index is 1680.